The first kappa shape index (κ1) is 20.3. The highest BCUT2D eigenvalue weighted by Gasteiger charge is 2.66. The van der Waals surface area contributed by atoms with Crippen molar-refractivity contribution < 1.29 is 34.4 Å². The van der Waals surface area contributed by atoms with Gasteiger partial charge in [0.25, 0.3) is 0 Å². The Morgan fingerprint density at radius 1 is 1.37 bits per heavy atom. The van der Waals surface area contributed by atoms with Gasteiger partial charge in [-0.2, -0.15) is 0 Å². The van der Waals surface area contributed by atoms with E-state index in [9.17, 15) is 24.9 Å². The molecule has 152 valence electrons. The average molecular weight is 382 g/mol. The van der Waals surface area contributed by atoms with Gasteiger partial charge in [-0.05, 0) is 11.8 Å². The first-order valence-electron chi connectivity index (χ1n) is 9.63. The molecule has 3 rings (SSSR count). The van der Waals surface area contributed by atoms with Gasteiger partial charge in [0.1, 0.15) is 12.2 Å². The van der Waals surface area contributed by atoms with Gasteiger partial charge in [0.2, 0.25) is 0 Å². The van der Waals surface area contributed by atoms with Crippen LogP contribution in [0.15, 0.2) is 12.2 Å². The highest BCUT2D eigenvalue weighted by Crippen LogP contribution is 2.57. The van der Waals surface area contributed by atoms with Crippen LogP contribution in [0.2, 0.25) is 0 Å². The van der Waals surface area contributed by atoms with Crippen LogP contribution in [-0.4, -0.2) is 57.8 Å². The minimum atomic E-state index is -1.16. The van der Waals surface area contributed by atoms with Crippen LogP contribution in [0.3, 0.4) is 0 Å². The highest BCUT2D eigenvalue weighted by molar-refractivity contribution is 5.91. The van der Waals surface area contributed by atoms with Crippen molar-refractivity contribution in [1.82, 2.24) is 0 Å². The molecule has 2 saturated carbocycles. The molecule has 1 aliphatic heterocycles. The predicted octanol–water partition coefficient (Wildman–Crippen LogP) is 0.801. The normalized spacial score (nSPS) is 46.7. The molecular weight excluding hydrogens is 352 g/mol. The van der Waals surface area contributed by atoms with E-state index < -0.39 is 59.7 Å². The highest BCUT2D eigenvalue weighted by atomic mass is 16.6. The van der Waals surface area contributed by atoms with Crippen LogP contribution in [0, 0.1) is 29.1 Å². The maximum atomic E-state index is 12.2. The van der Waals surface area contributed by atoms with Crippen molar-refractivity contribution in [2.24, 2.45) is 29.1 Å². The molecule has 0 aromatic carbocycles. The molecule has 3 fully saturated rings. The third kappa shape index (κ3) is 3.00. The van der Waals surface area contributed by atoms with Gasteiger partial charge in [-0.3, -0.25) is 4.79 Å². The summed E-state index contributed by atoms with van der Waals surface area (Å²) < 4.78 is 11.0. The second-order valence-corrected chi connectivity index (χ2v) is 8.99. The van der Waals surface area contributed by atoms with Crippen LogP contribution < -0.4 is 0 Å². The van der Waals surface area contributed by atoms with Gasteiger partial charge in [0.15, 0.2) is 0 Å². The predicted molar refractivity (Wildman–Crippen MR) is 95.2 cm³/mol. The van der Waals surface area contributed by atoms with Crippen LogP contribution in [0.1, 0.15) is 40.5 Å². The van der Waals surface area contributed by atoms with Gasteiger partial charge >= 0.3 is 11.9 Å². The number of aliphatic hydroxyl groups excluding tert-OH is 3. The summed E-state index contributed by atoms with van der Waals surface area (Å²) in [5, 5.41) is 32.9. The van der Waals surface area contributed by atoms with Crippen molar-refractivity contribution in [1.29, 1.82) is 0 Å². The van der Waals surface area contributed by atoms with E-state index >= 15 is 0 Å². The molecule has 9 atom stereocenters. The molecule has 1 saturated heterocycles. The maximum absolute atomic E-state index is 12.2. The van der Waals surface area contributed by atoms with Crippen LogP contribution in [0.4, 0.5) is 0 Å². The molecule has 0 bridgehead atoms. The van der Waals surface area contributed by atoms with E-state index in [1.807, 2.05) is 13.8 Å². The monoisotopic (exact) mass is 382 g/mol. The van der Waals surface area contributed by atoms with Crippen LogP contribution in [0.5, 0.6) is 0 Å². The molecule has 7 heteroatoms. The number of hydrogen-bond donors (Lipinski definition) is 3. The number of carbonyl (C=O) groups excluding carboxylic acids is 2. The Hall–Kier alpha value is -1.44. The Bertz CT molecular complexity index is 644. The summed E-state index contributed by atoms with van der Waals surface area (Å²) in [6.45, 7) is 11.1. The van der Waals surface area contributed by atoms with E-state index in [0.29, 0.717) is 0 Å². The lowest BCUT2D eigenvalue weighted by molar-refractivity contribution is -0.157. The fraction of sp³-hybridized carbons (Fsp3) is 0.800. The van der Waals surface area contributed by atoms with E-state index in [4.69, 9.17) is 9.47 Å². The Labute approximate surface area is 159 Å². The van der Waals surface area contributed by atoms with Crippen LogP contribution in [-0.2, 0) is 19.1 Å². The molecule has 0 spiro atoms. The molecule has 2 aliphatic carbocycles. The lowest BCUT2D eigenvalue weighted by Crippen LogP contribution is -2.49. The van der Waals surface area contributed by atoms with Gasteiger partial charge in [0, 0.05) is 29.7 Å². The summed E-state index contributed by atoms with van der Waals surface area (Å²) in [4.78, 5) is 24.2. The molecule has 0 aromatic heterocycles. The molecule has 1 heterocycles. The fourth-order valence-corrected chi connectivity index (χ4v) is 5.37. The van der Waals surface area contributed by atoms with Gasteiger partial charge < -0.3 is 24.8 Å². The molecule has 7 nitrogen and oxygen atoms in total. The number of esters is 2. The lowest BCUT2D eigenvalue weighted by Gasteiger charge is -2.41. The summed E-state index contributed by atoms with van der Waals surface area (Å²) >= 11 is 0. The van der Waals surface area contributed by atoms with Crippen molar-refractivity contribution in [3.63, 3.8) is 0 Å². The smallest absolute Gasteiger partial charge is 0.334 e. The molecule has 3 aliphatic rings. The molecular formula is C20H30O7. The second-order valence-electron chi connectivity index (χ2n) is 8.99. The van der Waals surface area contributed by atoms with Gasteiger partial charge in [-0.1, -0.05) is 34.3 Å². The summed E-state index contributed by atoms with van der Waals surface area (Å²) in [6.07, 6.45) is -4.28. The van der Waals surface area contributed by atoms with Gasteiger partial charge in [0.05, 0.1) is 24.2 Å². The zero-order valence-corrected chi connectivity index (χ0v) is 16.3. The van der Waals surface area contributed by atoms with Gasteiger partial charge in [-0.25, -0.2) is 4.79 Å². The molecule has 0 amide bonds. The van der Waals surface area contributed by atoms with E-state index in [1.165, 1.54) is 0 Å². The molecule has 0 radical (unpaired) electrons. The third-order valence-corrected chi connectivity index (χ3v) is 6.83. The summed E-state index contributed by atoms with van der Waals surface area (Å²) in [5.41, 5.74) is -0.965. The Kier molecular flexibility index (Phi) is 5.16. The first-order chi connectivity index (χ1) is 12.5. The van der Waals surface area contributed by atoms with E-state index in [1.54, 1.807) is 13.8 Å². The molecule has 9 unspecified atom stereocenters. The van der Waals surface area contributed by atoms with Crippen LogP contribution in [0.25, 0.3) is 0 Å². The molecule has 27 heavy (non-hydrogen) atoms. The van der Waals surface area contributed by atoms with E-state index in [0.717, 1.165) is 0 Å². The number of aliphatic hydroxyl groups is 3. The van der Waals surface area contributed by atoms with Crippen molar-refractivity contribution >= 4 is 11.9 Å². The Morgan fingerprint density at radius 2 is 2.00 bits per heavy atom. The van der Waals surface area contributed by atoms with E-state index in [-0.39, 0.29) is 30.3 Å². The minimum Gasteiger partial charge on any atom is -0.462 e. The zero-order chi connectivity index (χ0) is 20.3. The molecule has 0 aromatic rings. The number of carbonyl (C=O) groups is 2. The second kappa shape index (κ2) is 6.87. The Morgan fingerprint density at radius 3 is 2.59 bits per heavy atom. The number of ether oxygens (including phenoxy) is 2. The third-order valence-electron chi connectivity index (χ3n) is 6.83. The SMILES string of the molecule is C=C1C(=O)OC2C(O)C(C)C3C(OC(=O)CC(C)C)CC(O)C3(C)C(O)C12. The zero-order valence-electron chi connectivity index (χ0n) is 16.3. The maximum Gasteiger partial charge on any atom is 0.334 e. The topological polar surface area (TPSA) is 113 Å². The molecule has 3 N–H and O–H groups in total. The average Bonchev–Trinajstić information content (AvgIpc) is 2.97. The quantitative estimate of drug-likeness (QED) is 0.489. The number of rotatable bonds is 3. The lowest BCUT2D eigenvalue weighted by atomic mass is 9.67. The summed E-state index contributed by atoms with van der Waals surface area (Å²) in [7, 11) is 0. The summed E-state index contributed by atoms with van der Waals surface area (Å²) in [5.74, 6) is -2.60. The first-order valence-corrected chi connectivity index (χ1v) is 9.63. The minimum absolute atomic E-state index is 0.105. The fourth-order valence-electron chi connectivity index (χ4n) is 5.37. The van der Waals surface area contributed by atoms with Crippen molar-refractivity contribution in [3.8, 4) is 0 Å². The number of hydrogen-bond acceptors (Lipinski definition) is 7. The number of fused-ring (bicyclic) bond motifs is 2. The Balaban J connectivity index is 1.97. The summed E-state index contributed by atoms with van der Waals surface area (Å²) in [6, 6.07) is 0. The van der Waals surface area contributed by atoms with Crippen LogP contribution >= 0.6 is 0 Å². The largest absolute Gasteiger partial charge is 0.462 e. The van der Waals surface area contributed by atoms with E-state index in [2.05, 4.69) is 6.58 Å². The van der Waals surface area contributed by atoms with Crippen molar-refractivity contribution in [2.75, 3.05) is 0 Å². The van der Waals surface area contributed by atoms with Crippen molar-refractivity contribution in [3.05, 3.63) is 12.2 Å². The van der Waals surface area contributed by atoms with Gasteiger partial charge in [-0.15, -0.1) is 0 Å². The standard InChI is InChI=1S/C20H30O7/c1-8(2)6-13(22)26-11-7-12(21)20(5)15(11)10(4)16(23)17-14(18(20)24)9(3)19(25)27-17/h8,10-12,14-18,21,23-24H,3,6-7H2,1-2,4-5H3. The van der Waals surface area contributed by atoms with Crippen molar-refractivity contribution in [2.45, 2.75) is 71.1 Å².